The minimum Gasteiger partial charge on any atom is -0.481 e. The van der Waals surface area contributed by atoms with Crippen molar-refractivity contribution in [1.82, 2.24) is 10.2 Å². The Labute approximate surface area is 118 Å². The molecule has 0 aliphatic heterocycles. The van der Waals surface area contributed by atoms with Gasteiger partial charge in [-0.05, 0) is 44.8 Å². The Morgan fingerprint density at radius 2 is 2.05 bits per heavy atom. The van der Waals surface area contributed by atoms with Crippen molar-refractivity contribution in [3.05, 3.63) is 29.8 Å². The molecule has 0 heterocycles. The maximum atomic E-state index is 11.6. The number of urea groups is 1. The second kappa shape index (κ2) is 8.16. The molecule has 0 bridgehead atoms. The highest BCUT2D eigenvalue weighted by Gasteiger charge is 2.04. The van der Waals surface area contributed by atoms with Gasteiger partial charge in [-0.1, -0.05) is 12.1 Å². The number of carboxylic acid groups (broad SMARTS) is 1. The fourth-order valence-corrected chi connectivity index (χ4v) is 1.71. The second-order valence-corrected chi connectivity index (χ2v) is 4.81. The van der Waals surface area contributed by atoms with E-state index < -0.39 is 5.97 Å². The molecule has 0 saturated carbocycles. The molecule has 2 amide bonds. The van der Waals surface area contributed by atoms with Gasteiger partial charge < -0.3 is 20.6 Å². The van der Waals surface area contributed by atoms with Gasteiger partial charge in [-0.15, -0.1) is 0 Å². The molecular weight excluding hydrogens is 258 g/mol. The van der Waals surface area contributed by atoms with Crippen LogP contribution < -0.4 is 10.6 Å². The monoisotopic (exact) mass is 279 g/mol. The summed E-state index contributed by atoms with van der Waals surface area (Å²) in [5.41, 5.74) is 1.25. The third-order valence-corrected chi connectivity index (χ3v) is 2.61. The lowest BCUT2D eigenvalue weighted by Gasteiger charge is -2.11. The van der Waals surface area contributed by atoms with Crippen molar-refractivity contribution >= 4 is 17.7 Å². The van der Waals surface area contributed by atoms with Crippen LogP contribution >= 0.6 is 0 Å². The van der Waals surface area contributed by atoms with Gasteiger partial charge in [-0.3, -0.25) is 4.79 Å². The Morgan fingerprint density at radius 3 is 2.70 bits per heavy atom. The minimum absolute atomic E-state index is 0.0556. The average Bonchev–Trinajstić information content (AvgIpc) is 2.34. The lowest BCUT2D eigenvalue weighted by molar-refractivity contribution is -0.136. The molecule has 0 atom stereocenters. The fraction of sp³-hybridized carbons (Fsp3) is 0.429. The van der Waals surface area contributed by atoms with Crippen LogP contribution in [0.2, 0.25) is 0 Å². The van der Waals surface area contributed by atoms with Crippen molar-refractivity contribution in [2.24, 2.45) is 0 Å². The maximum Gasteiger partial charge on any atom is 0.319 e. The second-order valence-electron chi connectivity index (χ2n) is 4.81. The first kappa shape index (κ1) is 16.0. The highest BCUT2D eigenvalue weighted by atomic mass is 16.4. The number of hydrogen-bond donors (Lipinski definition) is 3. The van der Waals surface area contributed by atoms with Crippen LogP contribution in [0.4, 0.5) is 10.5 Å². The van der Waals surface area contributed by atoms with Gasteiger partial charge in [0.1, 0.15) is 0 Å². The van der Waals surface area contributed by atoms with Crippen molar-refractivity contribution in [2.75, 3.05) is 32.5 Å². The largest absolute Gasteiger partial charge is 0.481 e. The zero-order chi connectivity index (χ0) is 15.0. The van der Waals surface area contributed by atoms with E-state index in [9.17, 15) is 9.59 Å². The van der Waals surface area contributed by atoms with Crippen molar-refractivity contribution in [3.63, 3.8) is 0 Å². The molecule has 6 nitrogen and oxygen atoms in total. The number of nitrogens with zero attached hydrogens (tertiary/aromatic N) is 1. The van der Waals surface area contributed by atoms with Gasteiger partial charge in [-0.25, -0.2) is 4.79 Å². The van der Waals surface area contributed by atoms with Crippen LogP contribution in [0.25, 0.3) is 0 Å². The first-order chi connectivity index (χ1) is 9.47. The third-order valence-electron chi connectivity index (χ3n) is 2.61. The number of nitrogens with one attached hydrogen (secondary N) is 2. The predicted octanol–water partition coefficient (Wildman–Crippen LogP) is 1.39. The summed E-state index contributed by atoms with van der Waals surface area (Å²) in [6, 6.07) is 6.54. The van der Waals surface area contributed by atoms with Crippen LogP contribution in [0.1, 0.15) is 12.0 Å². The molecule has 0 aromatic heterocycles. The first-order valence-electron chi connectivity index (χ1n) is 6.47. The molecule has 110 valence electrons. The van der Waals surface area contributed by atoms with Crippen molar-refractivity contribution in [2.45, 2.75) is 12.8 Å². The smallest absolute Gasteiger partial charge is 0.319 e. The van der Waals surface area contributed by atoms with Crippen LogP contribution in [-0.4, -0.2) is 49.2 Å². The quantitative estimate of drug-likeness (QED) is 0.659. The van der Waals surface area contributed by atoms with Gasteiger partial charge in [0.2, 0.25) is 0 Å². The third kappa shape index (κ3) is 6.75. The normalized spacial score (nSPS) is 10.3. The van der Waals surface area contributed by atoms with Crippen molar-refractivity contribution in [1.29, 1.82) is 0 Å². The van der Waals surface area contributed by atoms with E-state index in [0.717, 1.165) is 13.0 Å². The number of carbonyl (C=O) groups is 2. The molecule has 0 fully saturated rings. The number of carboxylic acids is 1. The Kier molecular flexibility index (Phi) is 6.52. The molecule has 6 heteroatoms. The van der Waals surface area contributed by atoms with Gasteiger partial charge in [0.15, 0.2) is 0 Å². The summed E-state index contributed by atoms with van der Waals surface area (Å²) >= 11 is 0. The lowest BCUT2D eigenvalue weighted by Crippen LogP contribution is -2.31. The number of amides is 2. The SMILES string of the molecule is CN(C)CCCNC(=O)Nc1cccc(CC(=O)O)c1. The van der Waals surface area contributed by atoms with Crippen LogP contribution in [0, 0.1) is 0 Å². The number of anilines is 1. The molecule has 0 saturated heterocycles. The van der Waals surface area contributed by atoms with E-state index in [-0.39, 0.29) is 12.5 Å². The molecule has 1 rings (SSSR count). The van der Waals surface area contributed by atoms with E-state index in [1.807, 2.05) is 14.1 Å². The maximum absolute atomic E-state index is 11.6. The van der Waals surface area contributed by atoms with Crippen LogP contribution in [0.3, 0.4) is 0 Å². The Balaban J connectivity index is 2.39. The number of benzene rings is 1. The fourth-order valence-electron chi connectivity index (χ4n) is 1.71. The molecule has 0 spiro atoms. The molecule has 20 heavy (non-hydrogen) atoms. The Morgan fingerprint density at radius 1 is 1.30 bits per heavy atom. The molecule has 3 N–H and O–H groups in total. The van der Waals surface area contributed by atoms with E-state index in [1.165, 1.54) is 0 Å². The Bertz CT molecular complexity index is 461. The molecule has 0 aliphatic carbocycles. The van der Waals surface area contributed by atoms with Gasteiger partial charge in [-0.2, -0.15) is 0 Å². The number of aliphatic carboxylic acids is 1. The van der Waals surface area contributed by atoms with Gasteiger partial charge in [0, 0.05) is 12.2 Å². The minimum atomic E-state index is -0.893. The topological polar surface area (TPSA) is 81.7 Å². The zero-order valence-corrected chi connectivity index (χ0v) is 11.8. The predicted molar refractivity (Wildman–Crippen MR) is 78.0 cm³/mol. The summed E-state index contributed by atoms with van der Waals surface area (Å²) in [4.78, 5) is 24.3. The Hall–Kier alpha value is -2.08. The summed E-state index contributed by atoms with van der Waals surface area (Å²) < 4.78 is 0. The number of hydrogen-bond acceptors (Lipinski definition) is 3. The molecule has 0 unspecified atom stereocenters. The summed E-state index contributed by atoms with van der Waals surface area (Å²) in [6.07, 6.45) is 0.819. The van der Waals surface area contributed by atoms with Gasteiger partial charge in [0.05, 0.1) is 6.42 Å². The summed E-state index contributed by atoms with van der Waals surface area (Å²) in [7, 11) is 3.96. The molecule has 0 aliphatic rings. The van der Waals surface area contributed by atoms with Crippen molar-refractivity contribution < 1.29 is 14.7 Å². The summed E-state index contributed by atoms with van der Waals surface area (Å²) in [6.45, 7) is 1.51. The molecule has 1 aromatic rings. The zero-order valence-electron chi connectivity index (χ0n) is 11.8. The molecule has 0 radical (unpaired) electrons. The first-order valence-corrected chi connectivity index (χ1v) is 6.47. The number of carbonyl (C=O) groups excluding carboxylic acids is 1. The van der Waals surface area contributed by atoms with E-state index in [0.29, 0.717) is 17.8 Å². The van der Waals surface area contributed by atoms with E-state index in [2.05, 4.69) is 15.5 Å². The molecular formula is C14H21N3O3. The standard InChI is InChI=1S/C14H21N3O3/c1-17(2)8-4-7-15-14(20)16-12-6-3-5-11(9-12)10-13(18)19/h3,5-6,9H,4,7-8,10H2,1-2H3,(H,18,19)(H2,15,16,20). The summed E-state index contributed by atoms with van der Waals surface area (Å²) in [5.74, 6) is -0.893. The van der Waals surface area contributed by atoms with Crippen LogP contribution in [0.15, 0.2) is 24.3 Å². The number of rotatable bonds is 7. The average molecular weight is 279 g/mol. The van der Waals surface area contributed by atoms with E-state index >= 15 is 0 Å². The van der Waals surface area contributed by atoms with Crippen LogP contribution in [-0.2, 0) is 11.2 Å². The molecule has 1 aromatic carbocycles. The summed E-state index contributed by atoms with van der Waals surface area (Å²) in [5, 5.41) is 14.2. The lowest BCUT2D eigenvalue weighted by atomic mass is 10.1. The highest BCUT2D eigenvalue weighted by Crippen LogP contribution is 2.11. The van der Waals surface area contributed by atoms with Gasteiger partial charge >= 0.3 is 12.0 Å². The van der Waals surface area contributed by atoms with Crippen LogP contribution in [0.5, 0.6) is 0 Å². The van der Waals surface area contributed by atoms with E-state index in [1.54, 1.807) is 24.3 Å². The highest BCUT2D eigenvalue weighted by molar-refractivity contribution is 5.89. The van der Waals surface area contributed by atoms with Gasteiger partial charge in [0.25, 0.3) is 0 Å². The van der Waals surface area contributed by atoms with Crippen molar-refractivity contribution in [3.8, 4) is 0 Å². The van der Waals surface area contributed by atoms with E-state index in [4.69, 9.17) is 5.11 Å².